The van der Waals surface area contributed by atoms with E-state index in [9.17, 15) is 26.4 Å². The quantitative estimate of drug-likeness (QED) is 0.403. The largest absolute Gasteiger partial charge is 0.494 e. The lowest BCUT2D eigenvalue weighted by Gasteiger charge is -2.33. The molecule has 11 heteroatoms. The molecular weight excluding hydrogens is 545 g/mol. The third kappa shape index (κ3) is 5.49. The Morgan fingerprint density at radius 1 is 0.825 bits per heavy atom. The fraction of sp³-hybridized carbons (Fsp3) is 0.276. The van der Waals surface area contributed by atoms with Gasteiger partial charge in [0.2, 0.25) is 10.0 Å². The molecule has 5 rings (SSSR count). The highest BCUT2D eigenvalue weighted by Gasteiger charge is 2.33. The smallest absolute Gasteiger partial charge is 0.211 e. The molecule has 3 aromatic rings. The lowest BCUT2D eigenvalue weighted by molar-refractivity contribution is 0.105. The molecule has 0 spiro atoms. The molecule has 1 heterocycles. The van der Waals surface area contributed by atoms with E-state index < -0.39 is 33.3 Å². The molecule has 0 N–H and O–H groups in total. The summed E-state index contributed by atoms with van der Waals surface area (Å²) in [6.07, 6.45) is 1.20. The molecule has 2 aliphatic rings. The van der Waals surface area contributed by atoms with Crippen molar-refractivity contribution in [3.63, 3.8) is 0 Å². The lowest BCUT2D eigenvalue weighted by Crippen LogP contribution is -2.49. The van der Waals surface area contributed by atoms with Crippen molar-refractivity contribution in [2.75, 3.05) is 52.7 Å². The predicted octanol–water partition coefficient (Wildman–Crippen LogP) is 4.22. The van der Waals surface area contributed by atoms with Gasteiger partial charge in [0.1, 0.15) is 24.0 Å². The highest BCUT2D eigenvalue weighted by molar-refractivity contribution is 7.88. The van der Waals surface area contributed by atoms with Crippen LogP contribution in [0.1, 0.15) is 27.0 Å². The number of nitrogens with zero attached hydrogens (tertiary/aromatic N) is 2. The van der Waals surface area contributed by atoms with E-state index in [1.54, 1.807) is 18.2 Å². The van der Waals surface area contributed by atoms with E-state index in [0.717, 1.165) is 18.2 Å². The second-order valence-corrected chi connectivity index (χ2v) is 11.6. The van der Waals surface area contributed by atoms with Gasteiger partial charge in [-0.05, 0) is 53.6 Å². The van der Waals surface area contributed by atoms with Crippen molar-refractivity contribution in [3.05, 3.63) is 94.3 Å². The number of ether oxygens (including phenoxy) is 2. The molecule has 1 aliphatic carbocycles. The highest BCUT2D eigenvalue weighted by Crippen LogP contribution is 2.44. The molecule has 0 amide bonds. The number of rotatable bonds is 8. The molecule has 7 nitrogen and oxygen atoms in total. The maximum Gasteiger partial charge on any atom is 0.211 e. The molecule has 0 saturated carbocycles. The second-order valence-electron chi connectivity index (χ2n) is 9.61. The summed E-state index contributed by atoms with van der Waals surface area (Å²) in [6, 6.07) is 12.0. The zero-order valence-corrected chi connectivity index (χ0v) is 22.7. The number of allylic oxidation sites excluding steroid dienone is 1. The van der Waals surface area contributed by atoms with Gasteiger partial charge in [-0.25, -0.2) is 21.6 Å². The number of hydrogen-bond acceptors (Lipinski definition) is 6. The average Bonchev–Trinajstić information content (AvgIpc) is 3.20. The van der Waals surface area contributed by atoms with E-state index in [4.69, 9.17) is 9.47 Å². The summed E-state index contributed by atoms with van der Waals surface area (Å²) < 4.78 is 79.0. The van der Waals surface area contributed by atoms with Crippen LogP contribution in [0.5, 0.6) is 11.5 Å². The fourth-order valence-electron chi connectivity index (χ4n) is 5.05. The van der Waals surface area contributed by atoms with Crippen LogP contribution in [0.3, 0.4) is 0 Å². The van der Waals surface area contributed by atoms with Gasteiger partial charge in [-0.15, -0.1) is 0 Å². The van der Waals surface area contributed by atoms with Gasteiger partial charge in [-0.3, -0.25) is 9.69 Å². The van der Waals surface area contributed by atoms with E-state index >= 15 is 0 Å². The van der Waals surface area contributed by atoms with Gasteiger partial charge in [-0.2, -0.15) is 4.31 Å². The molecule has 0 bridgehead atoms. The zero-order chi connectivity index (χ0) is 28.6. The summed E-state index contributed by atoms with van der Waals surface area (Å²) in [5.41, 5.74) is 1.24. The number of piperazine rings is 1. The summed E-state index contributed by atoms with van der Waals surface area (Å²) in [4.78, 5) is 15.8. The Bertz CT molecular complexity index is 1620. The first kappa shape index (κ1) is 27.9. The van der Waals surface area contributed by atoms with Crippen molar-refractivity contribution in [2.45, 2.75) is 0 Å². The number of methoxy groups -OCH3 is 1. The van der Waals surface area contributed by atoms with Gasteiger partial charge in [0.05, 0.1) is 13.4 Å². The van der Waals surface area contributed by atoms with Gasteiger partial charge in [0.25, 0.3) is 0 Å². The minimum atomic E-state index is -3.21. The highest BCUT2D eigenvalue weighted by atomic mass is 32.2. The van der Waals surface area contributed by atoms with Crippen LogP contribution < -0.4 is 9.47 Å². The van der Waals surface area contributed by atoms with Gasteiger partial charge < -0.3 is 9.47 Å². The van der Waals surface area contributed by atoms with Gasteiger partial charge >= 0.3 is 0 Å². The van der Waals surface area contributed by atoms with Crippen molar-refractivity contribution in [3.8, 4) is 11.5 Å². The predicted molar refractivity (Wildman–Crippen MR) is 144 cm³/mol. The molecule has 0 unspecified atom stereocenters. The maximum absolute atomic E-state index is 15.0. The first-order valence-electron chi connectivity index (χ1n) is 12.6. The molecular formula is C29H27F3N2O5S. The van der Waals surface area contributed by atoms with Crippen LogP contribution in [0, 0.1) is 17.5 Å². The Labute approximate surface area is 230 Å². The van der Waals surface area contributed by atoms with Gasteiger partial charge in [0, 0.05) is 61.1 Å². The number of ketones is 1. The number of hydrogen-bond donors (Lipinski definition) is 0. The number of carbonyl (C=O) groups excluding carboxylic acids is 1. The molecule has 1 saturated heterocycles. The van der Waals surface area contributed by atoms with Crippen LogP contribution in [-0.4, -0.2) is 76.1 Å². The summed E-state index contributed by atoms with van der Waals surface area (Å²) >= 11 is 0. The fourth-order valence-corrected chi connectivity index (χ4v) is 5.88. The monoisotopic (exact) mass is 572 g/mol. The third-order valence-electron chi connectivity index (χ3n) is 7.10. The summed E-state index contributed by atoms with van der Waals surface area (Å²) in [5, 5.41) is 0. The number of sulfonamides is 1. The topological polar surface area (TPSA) is 76.2 Å². The summed E-state index contributed by atoms with van der Waals surface area (Å²) in [6.45, 7) is 2.85. The van der Waals surface area contributed by atoms with Crippen molar-refractivity contribution in [2.24, 2.45) is 0 Å². The second kappa shape index (κ2) is 11.1. The Morgan fingerprint density at radius 3 is 2.20 bits per heavy atom. The first-order chi connectivity index (χ1) is 19.1. The Hall–Kier alpha value is -3.67. The molecule has 1 aliphatic heterocycles. The number of benzene rings is 3. The maximum atomic E-state index is 15.0. The molecule has 3 aromatic carbocycles. The SMILES string of the molecule is COc1ccc(C2=C(c3ccc(F)cc3F)c3ccc(OCCN4CCN(S(C)(=O)=O)CC4)cc3C2=O)cc1F. The van der Waals surface area contributed by atoms with Crippen LogP contribution in [0.2, 0.25) is 0 Å². The molecule has 40 heavy (non-hydrogen) atoms. The average molecular weight is 573 g/mol. The standard InChI is InChI=1S/C29H27F3N2O5S/c1-38-26-8-3-18(15-25(26)32)27-28(22-6-4-19(30)16-24(22)31)21-7-5-20(17-23(21)29(27)35)39-14-13-33-9-11-34(12-10-33)40(2,36)37/h3-8,15-17H,9-14H2,1-2H3. The van der Waals surface area contributed by atoms with Crippen molar-refractivity contribution in [1.29, 1.82) is 0 Å². The third-order valence-corrected chi connectivity index (χ3v) is 8.40. The van der Waals surface area contributed by atoms with Crippen LogP contribution in [0.25, 0.3) is 11.1 Å². The van der Waals surface area contributed by atoms with E-state index in [1.165, 1.54) is 35.9 Å². The van der Waals surface area contributed by atoms with Crippen molar-refractivity contribution in [1.82, 2.24) is 9.21 Å². The summed E-state index contributed by atoms with van der Waals surface area (Å²) in [5.74, 6) is -2.32. The Balaban J connectivity index is 1.40. The van der Waals surface area contributed by atoms with Crippen molar-refractivity contribution < 1.29 is 35.9 Å². The molecule has 0 aromatic heterocycles. The van der Waals surface area contributed by atoms with E-state index in [1.807, 2.05) is 0 Å². The lowest BCUT2D eigenvalue weighted by atomic mass is 9.93. The minimum absolute atomic E-state index is 0.00441. The first-order valence-corrected chi connectivity index (χ1v) is 14.4. The van der Waals surface area contributed by atoms with E-state index in [0.29, 0.717) is 50.6 Å². The number of halogens is 3. The van der Waals surface area contributed by atoms with Crippen LogP contribution >= 0.6 is 0 Å². The number of Topliss-reactive ketones (excluding diaryl/α,β-unsaturated/α-hetero) is 1. The van der Waals surface area contributed by atoms with Crippen molar-refractivity contribution >= 4 is 27.0 Å². The van der Waals surface area contributed by atoms with Gasteiger partial charge in [0.15, 0.2) is 17.3 Å². The van der Waals surface area contributed by atoms with Gasteiger partial charge in [-0.1, -0.05) is 6.07 Å². The number of fused-ring (bicyclic) bond motifs is 1. The van der Waals surface area contributed by atoms with E-state index in [2.05, 4.69) is 4.90 Å². The van der Waals surface area contributed by atoms with Crippen LogP contribution in [0.4, 0.5) is 13.2 Å². The molecule has 210 valence electrons. The molecule has 0 atom stereocenters. The van der Waals surface area contributed by atoms with E-state index in [-0.39, 0.29) is 33.6 Å². The zero-order valence-electron chi connectivity index (χ0n) is 21.9. The number of carbonyl (C=O) groups is 1. The summed E-state index contributed by atoms with van der Waals surface area (Å²) in [7, 11) is -1.89. The van der Waals surface area contributed by atoms with Crippen LogP contribution in [0.15, 0.2) is 54.6 Å². The Kier molecular flexibility index (Phi) is 7.72. The normalized spacial score (nSPS) is 16.4. The molecule has 0 radical (unpaired) electrons. The molecule has 1 fully saturated rings. The Morgan fingerprint density at radius 2 is 1.55 bits per heavy atom. The minimum Gasteiger partial charge on any atom is -0.494 e. The van der Waals surface area contributed by atoms with Crippen LogP contribution in [-0.2, 0) is 10.0 Å².